The van der Waals surface area contributed by atoms with Gasteiger partial charge in [-0.1, -0.05) is 24.3 Å². The molecule has 0 aliphatic carbocycles. The second kappa shape index (κ2) is 8.28. The van der Waals surface area contributed by atoms with E-state index in [1.807, 2.05) is 31.2 Å². The normalized spacial score (nSPS) is 11.8. The second-order valence-electron chi connectivity index (χ2n) is 6.39. The molecule has 3 heterocycles. The van der Waals surface area contributed by atoms with E-state index in [1.54, 1.807) is 36.5 Å². The number of halogens is 1. The van der Waals surface area contributed by atoms with Crippen molar-refractivity contribution in [2.45, 2.75) is 13.0 Å². The van der Waals surface area contributed by atoms with Gasteiger partial charge in [-0.15, -0.1) is 11.3 Å². The lowest BCUT2D eigenvalue weighted by molar-refractivity contribution is 0.0997. The minimum absolute atomic E-state index is 0.210. The Morgan fingerprint density at radius 3 is 2.66 bits per heavy atom. The monoisotopic (exact) mass is 407 g/mol. The highest BCUT2D eigenvalue weighted by molar-refractivity contribution is 7.16. The molecule has 1 aromatic carbocycles. The van der Waals surface area contributed by atoms with E-state index < -0.39 is 6.04 Å². The molecule has 2 N–H and O–H groups in total. The van der Waals surface area contributed by atoms with Gasteiger partial charge in [0.15, 0.2) is 5.76 Å². The molecule has 0 unspecified atom stereocenters. The van der Waals surface area contributed by atoms with Crippen LogP contribution in [0.4, 0.5) is 15.2 Å². The van der Waals surface area contributed by atoms with Gasteiger partial charge in [0.05, 0.1) is 12.3 Å². The summed E-state index contributed by atoms with van der Waals surface area (Å²) >= 11 is 1.42. The summed E-state index contributed by atoms with van der Waals surface area (Å²) in [6.07, 6.45) is 3.11. The topological polar surface area (TPSA) is 67.2 Å². The molecule has 4 rings (SSSR count). The predicted molar refractivity (Wildman–Crippen MR) is 112 cm³/mol. The van der Waals surface area contributed by atoms with Crippen LogP contribution in [0.5, 0.6) is 0 Å². The van der Waals surface area contributed by atoms with Gasteiger partial charge in [0.25, 0.3) is 5.91 Å². The molecule has 4 aromatic rings. The smallest absolute Gasteiger partial charge is 0.291 e. The highest BCUT2D eigenvalue weighted by Gasteiger charge is 2.24. The number of pyridine rings is 1. The lowest BCUT2D eigenvalue weighted by Crippen LogP contribution is -2.17. The Morgan fingerprint density at radius 2 is 1.93 bits per heavy atom. The molecule has 146 valence electrons. The van der Waals surface area contributed by atoms with Crippen molar-refractivity contribution < 1.29 is 13.6 Å². The molecule has 0 aliphatic rings. The standard InChI is InChI=1S/C22H18FN3O2S/c1-14-13-16(22(29-14)26-21(27)18-9-6-12-28-18)20(15-7-2-3-8-17(15)23)25-19-10-4-5-11-24-19/h2-13,20H,1H3,(H,24,25)(H,26,27)/t20-/m1/s1. The van der Waals surface area contributed by atoms with Crippen molar-refractivity contribution >= 4 is 28.1 Å². The molecule has 0 saturated carbocycles. The molecule has 0 spiro atoms. The third kappa shape index (κ3) is 4.20. The molecule has 5 nitrogen and oxygen atoms in total. The fraction of sp³-hybridized carbons (Fsp3) is 0.0909. The van der Waals surface area contributed by atoms with Crippen LogP contribution < -0.4 is 10.6 Å². The van der Waals surface area contributed by atoms with Gasteiger partial charge >= 0.3 is 0 Å². The summed E-state index contributed by atoms with van der Waals surface area (Å²) < 4.78 is 19.9. The average molecular weight is 407 g/mol. The average Bonchev–Trinajstić information content (AvgIpc) is 3.38. The molecule has 7 heteroatoms. The van der Waals surface area contributed by atoms with Gasteiger partial charge in [0.2, 0.25) is 0 Å². The lowest BCUT2D eigenvalue weighted by Gasteiger charge is -2.21. The highest BCUT2D eigenvalue weighted by atomic mass is 32.1. The number of nitrogens with one attached hydrogen (secondary N) is 2. The Balaban J connectivity index is 1.74. The molecule has 3 aromatic heterocycles. The van der Waals surface area contributed by atoms with Crippen LogP contribution in [0.15, 0.2) is 77.5 Å². The fourth-order valence-electron chi connectivity index (χ4n) is 3.05. The van der Waals surface area contributed by atoms with Gasteiger partial charge in [-0.05, 0) is 43.3 Å². The first kappa shape index (κ1) is 18.9. The molecule has 1 amide bonds. The van der Waals surface area contributed by atoms with E-state index in [0.29, 0.717) is 16.4 Å². The Labute approximate surface area is 171 Å². The minimum atomic E-state index is -0.539. The fourth-order valence-corrected chi connectivity index (χ4v) is 3.99. The van der Waals surface area contributed by atoms with E-state index in [-0.39, 0.29) is 17.5 Å². The van der Waals surface area contributed by atoms with Crippen LogP contribution in [-0.2, 0) is 0 Å². The van der Waals surface area contributed by atoms with Gasteiger partial charge < -0.3 is 15.1 Å². The molecular weight excluding hydrogens is 389 g/mol. The summed E-state index contributed by atoms with van der Waals surface area (Å²) in [4.78, 5) is 17.8. The molecular formula is C22H18FN3O2S. The number of amides is 1. The van der Waals surface area contributed by atoms with E-state index in [2.05, 4.69) is 15.6 Å². The maximum atomic E-state index is 14.7. The summed E-state index contributed by atoms with van der Waals surface area (Å²) in [5.41, 5.74) is 1.22. The van der Waals surface area contributed by atoms with Crippen molar-refractivity contribution in [2.24, 2.45) is 0 Å². The molecule has 0 bridgehead atoms. The van der Waals surface area contributed by atoms with Gasteiger partial charge in [-0.2, -0.15) is 0 Å². The number of carbonyl (C=O) groups is 1. The maximum absolute atomic E-state index is 14.7. The van der Waals surface area contributed by atoms with Crippen molar-refractivity contribution in [3.8, 4) is 0 Å². The SMILES string of the molecule is Cc1cc([C@H](Nc2ccccn2)c2ccccc2F)c(NC(=O)c2ccco2)s1. The Hall–Kier alpha value is -3.45. The summed E-state index contributed by atoms with van der Waals surface area (Å²) in [5.74, 6) is 0.117. The Bertz CT molecular complexity index is 1110. The Morgan fingerprint density at radius 1 is 1.10 bits per heavy atom. The summed E-state index contributed by atoms with van der Waals surface area (Å²) in [5, 5.41) is 6.81. The van der Waals surface area contributed by atoms with Crippen molar-refractivity contribution in [3.63, 3.8) is 0 Å². The van der Waals surface area contributed by atoms with E-state index in [1.165, 1.54) is 23.7 Å². The molecule has 0 saturated heterocycles. The molecule has 0 radical (unpaired) electrons. The van der Waals surface area contributed by atoms with E-state index >= 15 is 0 Å². The van der Waals surface area contributed by atoms with Crippen molar-refractivity contribution in [3.05, 3.63) is 101 Å². The number of furan rings is 1. The van der Waals surface area contributed by atoms with Crippen LogP contribution in [-0.4, -0.2) is 10.9 Å². The molecule has 1 atom stereocenters. The highest BCUT2D eigenvalue weighted by Crippen LogP contribution is 2.38. The number of anilines is 2. The number of hydrogen-bond acceptors (Lipinski definition) is 5. The molecule has 0 aliphatic heterocycles. The van der Waals surface area contributed by atoms with Gasteiger partial charge in [0.1, 0.15) is 16.6 Å². The van der Waals surface area contributed by atoms with Crippen LogP contribution in [0, 0.1) is 12.7 Å². The number of aromatic nitrogens is 1. The van der Waals surface area contributed by atoms with Crippen LogP contribution >= 0.6 is 11.3 Å². The van der Waals surface area contributed by atoms with E-state index in [4.69, 9.17) is 4.42 Å². The number of hydrogen-bond donors (Lipinski definition) is 2. The number of aryl methyl sites for hydroxylation is 1. The molecule has 0 fully saturated rings. The third-order valence-electron chi connectivity index (χ3n) is 4.34. The van der Waals surface area contributed by atoms with Crippen molar-refractivity contribution in [2.75, 3.05) is 10.6 Å². The second-order valence-corrected chi connectivity index (χ2v) is 7.64. The van der Waals surface area contributed by atoms with Crippen molar-refractivity contribution in [1.29, 1.82) is 0 Å². The number of rotatable bonds is 6. The van der Waals surface area contributed by atoms with Crippen LogP contribution in [0.1, 0.15) is 32.6 Å². The number of thiophene rings is 1. The summed E-state index contributed by atoms with van der Waals surface area (Å²) in [6.45, 7) is 1.94. The lowest BCUT2D eigenvalue weighted by atomic mass is 9.99. The van der Waals surface area contributed by atoms with E-state index in [9.17, 15) is 9.18 Å². The molecule has 29 heavy (non-hydrogen) atoms. The predicted octanol–water partition coefficient (Wildman–Crippen LogP) is 5.64. The first-order valence-electron chi connectivity index (χ1n) is 8.99. The minimum Gasteiger partial charge on any atom is -0.459 e. The first-order valence-corrected chi connectivity index (χ1v) is 9.80. The Kier molecular flexibility index (Phi) is 5.39. The zero-order valence-corrected chi connectivity index (χ0v) is 16.4. The van der Waals surface area contributed by atoms with Gasteiger partial charge in [0, 0.05) is 22.2 Å². The first-order chi connectivity index (χ1) is 14.1. The quantitative estimate of drug-likeness (QED) is 0.434. The largest absolute Gasteiger partial charge is 0.459 e. The number of carbonyl (C=O) groups excluding carboxylic acids is 1. The zero-order valence-electron chi connectivity index (χ0n) is 15.6. The number of nitrogens with zero attached hydrogens (tertiary/aromatic N) is 1. The maximum Gasteiger partial charge on any atom is 0.291 e. The van der Waals surface area contributed by atoms with E-state index in [0.717, 1.165) is 10.4 Å². The summed E-state index contributed by atoms with van der Waals surface area (Å²) in [7, 11) is 0. The zero-order chi connectivity index (χ0) is 20.2. The van der Waals surface area contributed by atoms with Crippen LogP contribution in [0.3, 0.4) is 0 Å². The van der Waals surface area contributed by atoms with Crippen LogP contribution in [0.25, 0.3) is 0 Å². The van der Waals surface area contributed by atoms with Crippen molar-refractivity contribution in [1.82, 2.24) is 4.98 Å². The summed E-state index contributed by atoms with van der Waals surface area (Å²) in [6, 6.07) is 16.7. The van der Waals surface area contributed by atoms with Gasteiger partial charge in [-0.3, -0.25) is 4.79 Å². The van der Waals surface area contributed by atoms with Gasteiger partial charge in [-0.25, -0.2) is 9.37 Å². The third-order valence-corrected chi connectivity index (χ3v) is 5.32. The van der Waals surface area contributed by atoms with Crippen LogP contribution in [0.2, 0.25) is 0 Å². The number of benzene rings is 1.